The van der Waals surface area contributed by atoms with Crippen molar-refractivity contribution in [3.8, 4) is 0 Å². The molecule has 0 spiro atoms. The van der Waals surface area contributed by atoms with Crippen LogP contribution in [-0.2, 0) is 19.6 Å². The normalized spacial score (nSPS) is 26.4. The third kappa shape index (κ3) is 3.93. The minimum atomic E-state index is -3.65. The van der Waals surface area contributed by atoms with Crippen molar-refractivity contribution in [1.82, 2.24) is 4.72 Å². The zero-order valence-corrected chi connectivity index (χ0v) is 11.7. The molecule has 2 unspecified atom stereocenters. The highest BCUT2D eigenvalue weighted by atomic mass is 32.2. The van der Waals surface area contributed by atoms with E-state index < -0.39 is 33.4 Å². The van der Waals surface area contributed by atoms with Gasteiger partial charge in [0.05, 0.1) is 6.10 Å². The smallest absolute Gasteiger partial charge is 0.321 e. The predicted molar refractivity (Wildman–Crippen MR) is 66.8 cm³/mol. The van der Waals surface area contributed by atoms with Crippen LogP contribution in [0.3, 0.4) is 0 Å². The van der Waals surface area contributed by atoms with Crippen LogP contribution in [-0.4, -0.2) is 43.5 Å². The molecule has 18 heavy (non-hydrogen) atoms. The molecule has 2 N–H and O–H groups in total. The quantitative estimate of drug-likeness (QED) is 0.742. The van der Waals surface area contributed by atoms with E-state index in [-0.39, 0.29) is 12.3 Å². The van der Waals surface area contributed by atoms with Crippen molar-refractivity contribution in [2.75, 3.05) is 6.61 Å². The summed E-state index contributed by atoms with van der Waals surface area (Å²) in [5.41, 5.74) is 0. The lowest BCUT2D eigenvalue weighted by molar-refractivity contribution is -0.139. The molecular weight excluding hydrogens is 258 g/mol. The minimum absolute atomic E-state index is 0.103. The first-order valence-electron chi connectivity index (χ1n) is 6.09. The van der Waals surface area contributed by atoms with Crippen molar-refractivity contribution in [1.29, 1.82) is 0 Å². The topological polar surface area (TPSA) is 92.7 Å². The highest BCUT2D eigenvalue weighted by molar-refractivity contribution is 7.90. The van der Waals surface area contributed by atoms with Gasteiger partial charge in [-0.15, -0.1) is 0 Å². The van der Waals surface area contributed by atoms with E-state index in [9.17, 15) is 13.2 Å². The average Bonchev–Trinajstić information content (AvgIpc) is 2.62. The lowest BCUT2D eigenvalue weighted by Crippen LogP contribution is -2.47. The lowest BCUT2D eigenvalue weighted by Gasteiger charge is -2.21. The standard InChI is InChI=1S/C11H21NO5S/c1-7(2)6-9(11(13)14)12-18(15,16)10-4-5-17-8(10)3/h7-10,12H,4-6H2,1-3H3,(H,13,14)/t8?,9-,10?/m1/s1. The summed E-state index contributed by atoms with van der Waals surface area (Å²) in [4.78, 5) is 11.1. The fraction of sp³-hybridized carbons (Fsp3) is 0.909. The van der Waals surface area contributed by atoms with Crippen LogP contribution in [0.4, 0.5) is 0 Å². The zero-order valence-electron chi connectivity index (χ0n) is 10.9. The summed E-state index contributed by atoms with van der Waals surface area (Å²) in [5.74, 6) is -1.04. The third-order valence-electron chi connectivity index (χ3n) is 3.02. The van der Waals surface area contributed by atoms with Crippen LogP contribution >= 0.6 is 0 Å². The van der Waals surface area contributed by atoms with E-state index in [1.807, 2.05) is 13.8 Å². The average molecular weight is 279 g/mol. The molecular formula is C11H21NO5S. The summed E-state index contributed by atoms with van der Waals surface area (Å²) >= 11 is 0. The first-order valence-corrected chi connectivity index (χ1v) is 7.64. The summed E-state index contributed by atoms with van der Waals surface area (Å²) < 4.78 is 31.7. The monoisotopic (exact) mass is 279 g/mol. The predicted octanol–water partition coefficient (Wildman–Crippen LogP) is 0.583. The molecule has 0 aromatic carbocycles. The maximum atomic E-state index is 12.1. The second-order valence-electron chi connectivity index (χ2n) is 5.09. The minimum Gasteiger partial charge on any atom is -0.480 e. The number of ether oxygens (including phenoxy) is 1. The number of carboxylic acids is 1. The molecule has 0 bridgehead atoms. The van der Waals surface area contributed by atoms with Gasteiger partial charge in [0.1, 0.15) is 11.3 Å². The first-order chi connectivity index (χ1) is 8.24. The van der Waals surface area contributed by atoms with Gasteiger partial charge in [-0.3, -0.25) is 4.79 Å². The third-order valence-corrected chi connectivity index (χ3v) is 5.05. The number of sulfonamides is 1. The van der Waals surface area contributed by atoms with E-state index in [1.54, 1.807) is 6.92 Å². The first kappa shape index (κ1) is 15.4. The number of nitrogens with one attached hydrogen (secondary N) is 1. The van der Waals surface area contributed by atoms with Gasteiger partial charge in [-0.2, -0.15) is 0 Å². The molecule has 1 aliphatic rings. The molecule has 0 aromatic rings. The fourth-order valence-electron chi connectivity index (χ4n) is 2.08. The number of aliphatic carboxylic acids is 1. The SMILES string of the molecule is CC(C)C[C@@H](NS(=O)(=O)C1CCOC1C)C(=O)O. The Morgan fingerprint density at radius 3 is 2.50 bits per heavy atom. The molecule has 3 atom stereocenters. The second kappa shape index (κ2) is 5.99. The van der Waals surface area contributed by atoms with Gasteiger partial charge in [0.15, 0.2) is 0 Å². The summed E-state index contributed by atoms with van der Waals surface area (Å²) in [7, 11) is -3.65. The number of hydrogen-bond acceptors (Lipinski definition) is 4. The van der Waals surface area contributed by atoms with Gasteiger partial charge in [0.25, 0.3) is 0 Å². The van der Waals surface area contributed by atoms with Crippen molar-refractivity contribution in [2.24, 2.45) is 5.92 Å². The molecule has 1 rings (SSSR count). The molecule has 6 nitrogen and oxygen atoms in total. The van der Waals surface area contributed by atoms with E-state index in [0.717, 1.165) is 0 Å². The van der Waals surface area contributed by atoms with Crippen LogP contribution in [0.2, 0.25) is 0 Å². The molecule has 1 aliphatic heterocycles. The Kier molecular flexibility index (Phi) is 5.12. The Morgan fingerprint density at radius 2 is 2.11 bits per heavy atom. The van der Waals surface area contributed by atoms with Crippen molar-refractivity contribution < 1.29 is 23.1 Å². The molecule has 106 valence electrons. The second-order valence-corrected chi connectivity index (χ2v) is 7.02. The van der Waals surface area contributed by atoms with Crippen LogP contribution in [0.5, 0.6) is 0 Å². The molecule has 0 radical (unpaired) electrons. The van der Waals surface area contributed by atoms with E-state index in [2.05, 4.69) is 4.72 Å². The molecule has 1 fully saturated rings. The number of hydrogen-bond donors (Lipinski definition) is 2. The van der Waals surface area contributed by atoms with Gasteiger partial charge in [-0.1, -0.05) is 13.8 Å². The fourth-order valence-corrected chi connectivity index (χ4v) is 3.83. The van der Waals surface area contributed by atoms with Crippen LogP contribution in [0, 0.1) is 5.92 Å². The van der Waals surface area contributed by atoms with E-state index in [4.69, 9.17) is 9.84 Å². The van der Waals surface area contributed by atoms with E-state index in [1.165, 1.54) is 0 Å². The Labute approximate surface area is 108 Å². The molecule has 0 aromatic heterocycles. The van der Waals surface area contributed by atoms with Gasteiger partial charge in [-0.05, 0) is 25.7 Å². The van der Waals surface area contributed by atoms with E-state index in [0.29, 0.717) is 13.0 Å². The van der Waals surface area contributed by atoms with Crippen LogP contribution in [0.25, 0.3) is 0 Å². The molecule has 1 saturated heterocycles. The molecule has 1 heterocycles. The highest BCUT2D eigenvalue weighted by Crippen LogP contribution is 2.21. The Bertz CT molecular complexity index is 392. The van der Waals surface area contributed by atoms with Crippen molar-refractivity contribution in [3.63, 3.8) is 0 Å². The Balaban J connectivity index is 2.76. The maximum Gasteiger partial charge on any atom is 0.321 e. The summed E-state index contributed by atoms with van der Waals surface area (Å²) in [5, 5.41) is 8.38. The van der Waals surface area contributed by atoms with E-state index >= 15 is 0 Å². The summed E-state index contributed by atoms with van der Waals surface area (Å²) in [6, 6.07) is -1.07. The van der Waals surface area contributed by atoms with Crippen molar-refractivity contribution >= 4 is 16.0 Å². The molecule has 7 heteroatoms. The Morgan fingerprint density at radius 1 is 1.50 bits per heavy atom. The van der Waals surface area contributed by atoms with Crippen molar-refractivity contribution in [2.45, 2.75) is 51.0 Å². The number of rotatable bonds is 6. The van der Waals surface area contributed by atoms with Gasteiger partial charge >= 0.3 is 5.97 Å². The molecule has 0 amide bonds. The van der Waals surface area contributed by atoms with Gasteiger partial charge in [0.2, 0.25) is 10.0 Å². The van der Waals surface area contributed by atoms with Crippen LogP contribution in [0.15, 0.2) is 0 Å². The number of carboxylic acid groups (broad SMARTS) is 1. The lowest BCUT2D eigenvalue weighted by atomic mass is 10.1. The maximum absolute atomic E-state index is 12.1. The van der Waals surface area contributed by atoms with Crippen molar-refractivity contribution in [3.05, 3.63) is 0 Å². The van der Waals surface area contributed by atoms with Gasteiger partial charge < -0.3 is 9.84 Å². The van der Waals surface area contributed by atoms with Gasteiger partial charge in [0, 0.05) is 6.61 Å². The molecule has 0 aliphatic carbocycles. The number of carbonyl (C=O) groups is 1. The van der Waals surface area contributed by atoms with Gasteiger partial charge in [-0.25, -0.2) is 13.1 Å². The largest absolute Gasteiger partial charge is 0.480 e. The highest BCUT2D eigenvalue weighted by Gasteiger charge is 2.38. The summed E-state index contributed by atoms with van der Waals surface area (Å²) in [6.45, 7) is 5.79. The van der Waals surface area contributed by atoms with Crippen LogP contribution < -0.4 is 4.72 Å². The zero-order chi connectivity index (χ0) is 13.9. The Hall–Kier alpha value is -0.660. The molecule has 0 saturated carbocycles. The summed E-state index contributed by atoms with van der Waals surface area (Å²) in [6.07, 6.45) is 0.289. The van der Waals surface area contributed by atoms with Crippen LogP contribution in [0.1, 0.15) is 33.6 Å².